The molecule has 0 aliphatic carbocycles. The lowest BCUT2D eigenvalue weighted by Gasteiger charge is -2.21. The molecule has 0 spiro atoms. The Morgan fingerprint density at radius 2 is 2.30 bits per heavy atom. The minimum Gasteiger partial charge on any atom is -0.483 e. The minimum atomic E-state index is 0.291. The van der Waals surface area contributed by atoms with Gasteiger partial charge >= 0.3 is 0 Å². The fourth-order valence-electron chi connectivity index (χ4n) is 2.55. The van der Waals surface area contributed by atoms with Crippen LogP contribution in [-0.2, 0) is 13.0 Å². The molecule has 0 amide bonds. The van der Waals surface area contributed by atoms with Crippen molar-refractivity contribution in [3.63, 3.8) is 0 Å². The average Bonchev–Trinajstić information content (AvgIpc) is 2.93. The standard InChI is InChI=1S/C15H20N4O/c1-11(2)19-14(17-10-18-19)9-20-13-7-3-5-12-6-4-8-16-15(12)13/h3,5,7,10-11,16H,4,6,8-9H2,1-2H3. The molecule has 1 aliphatic rings. The topological polar surface area (TPSA) is 52.0 Å². The van der Waals surface area contributed by atoms with E-state index in [9.17, 15) is 0 Å². The first-order valence-electron chi connectivity index (χ1n) is 7.12. The maximum atomic E-state index is 5.95. The average molecular weight is 272 g/mol. The molecule has 5 heteroatoms. The number of hydrogen-bond donors (Lipinski definition) is 1. The van der Waals surface area contributed by atoms with Gasteiger partial charge in [-0.1, -0.05) is 12.1 Å². The van der Waals surface area contributed by atoms with E-state index in [0.29, 0.717) is 12.6 Å². The minimum absolute atomic E-state index is 0.291. The highest BCUT2D eigenvalue weighted by molar-refractivity contribution is 5.63. The summed E-state index contributed by atoms with van der Waals surface area (Å²) in [6, 6.07) is 6.51. The van der Waals surface area contributed by atoms with Gasteiger partial charge in [-0.25, -0.2) is 9.67 Å². The van der Waals surface area contributed by atoms with Crippen molar-refractivity contribution >= 4 is 5.69 Å². The highest BCUT2D eigenvalue weighted by Gasteiger charge is 2.14. The van der Waals surface area contributed by atoms with Gasteiger partial charge in [0.25, 0.3) is 0 Å². The van der Waals surface area contributed by atoms with Gasteiger partial charge in [-0.3, -0.25) is 0 Å². The fraction of sp³-hybridized carbons (Fsp3) is 0.467. The molecule has 20 heavy (non-hydrogen) atoms. The van der Waals surface area contributed by atoms with Crippen LogP contribution in [0.3, 0.4) is 0 Å². The number of anilines is 1. The number of fused-ring (bicyclic) bond motifs is 1. The van der Waals surface area contributed by atoms with Crippen LogP contribution < -0.4 is 10.1 Å². The van der Waals surface area contributed by atoms with E-state index in [2.05, 4.69) is 35.3 Å². The molecule has 0 radical (unpaired) electrons. The number of para-hydroxylation sites is 1. The number of hydrogen-bond acceptors (Lipinski definition) is 4. The van der Waals surface area contributed by atoms with Crippen LogP contribution in [0.5, 0.6) is 5.75 Å². The van der Waals surface area contributed by atoms with Gasteiger partial charge in [0.1, 0.15) is 18.7 Å². The molecule has 0 unspecified atom stereocenters. The van der Waals surface area contributed by atoms with Crippen LogP contribution in [0.4, 0.5) is 5.69 Å². The molecule has 3 rings (SSSR count). The molecule has 0 fully saturated rings. The number of aryl methyl sites for hydroxylation is 1. The molecule has 5 nitrogen and oxygen atoms in total. The molecule has 1 aliphatic heterocycles. The van der Waals surface area contributed by atoms with E-state index < -0.39 is 0 Å². The Bertz CT molecular complexity index is 591. The van der Waals surface area contributed by atoms with Crippen LogP contribution in [-0.4, -0.2) is 21.3 Å². The molecule has 0 saturated heterocycles. The monoisotopic (exact) mass is 272 g/mol. The molecule has 0 saturated carbocycles. The van der Waals surface area contributed by atoms with Crippen LogP contribution in [0, 0.1) is 0 Å². The summed E-state index contributed by atoms with van der Waals surface area (Å²) < 4.78 is 7.85. The Morgan fingerprint density at radius 1 is 1.40 bits per heavy atom. The molecule has 1 N–H and O–H groups in total. The molecule has 1 aromatic heterocycles. The lowest BCUT2D eigenvalue weighted by molar-refractivity contribution is 0.283. The molecule has 1 aromatic carbocycles. The molecule has 106 valence electrons. The molecular formula is C15H20N4O. The van der Waals surface area contributed by atoms with Gasteiger partial charge in [0.2, 0.25) is 0 Å². The van der Waals surface area contributed by atoms with E-state index in [1.165, 1.54) is 12.0 Å². The fourth-order valence-corrected chi connectivity index (χ4v) is 2.55. The SMILES string of the molecule is CC(C)n1ncnc1COc1cccc2c1NCCC2. The second-order valence-electron chi connectivity index (χ2n) is 5.32. The van der Waals surface area contributed by atoms with E-state index >= 15 is 0 Å². The largest absolute Gasteiger partial charge is 0.483 e. The zero-order chi connectivity index (χ0) is 13.9. The smallest absolute Gasteiger partial charge is 0.165 e. The van der Waals surface area contributed by atoms with E-state index in [0.717, 1.165) is 30.2 Å². The van der Waals surface area contributed by atoms with Gasteiger partial charge in [-0.15, -0.1) is 0 Å². The van der Waals surface area contributed by atoms with Crippen molar-refractivity contribution < 1.29 is 4.74 Å². The molecule has 0 bridgehead atoms. The van der Waals surface area contributed by atoms with Gasteiger partial charge in [-0.05, 0) is 38.3 Å². The summed E-state index contributed by atoms with van der Waals surface area (Å²) in [6.45, 7) is 5.63. The number of aromatic nitrogens is 3. The van der Waals surface area contributed by atoms with Crippen molar-refractivity contribution in [3.05, 3.63) is 35.9 Å². The van der Waals surface area contributed by atoms with Crippen LogP contribution in [0.15, 0.2) is 24.5 Å². The van der Waals surface area contributed by atoms with Crippen molar-refractivity contribution in [3.8, 4) is 5.75 Å². The van der Waals surface area contributed by atoms with E-state index in [4.69, 9.17) is 4.74 Å². The van der Waals surface area contributed by atoms with Crippen LogP contribution in [0.1, 0.15) is 37.7 Å². The first kappa shape index (κ1) is 13.0. The maximum Gasteiger partial charge on any atom is 0.165 e. The van der Waals surface area contributed by atoms with E-state index in [1.807, 2.05) is 16.8 Å². The lowest BCUT2D eigenvalue weighted by Crippen LogP contribution is -2.14. The summed E-state index contributed by atoms with van der Waals surface area (Å²) in [7, 11) is 0. The Morgan fingerprint density at radius 3 is 3.15 bits per heavy atom. The van der Waals surface area contributed by atoms with Crippen LogP contribution in [0.25, 0.3) is 0 Å². The van der Waals surface area contributed by atoms with E-state index in [-0.39, 0.29) is 0 Å². The Balaban J connectivity index is 1.77. The normalized spacial score (nSPS) is 13.9. The third-order valence-electron chi connectivity index (χ3n) is 3.53. The lowest BCUT2D eigenvalue weighted by atomic mass is 10.0. The summed E-state index contributed by atoms with van der Waals surface area (Å²) in [5, 5.41) is 7.66. The zero-order valence-corrected chi connectivity index (χ0v) is 12.0. The predicted octanol–water partition coefficient (Wildman–Crippen LogP) is 2.80. The van der Waals surface area contributed by atoms with Crippen molar-refractivity contribution in [2.45, 2.75) is 39.3 Å². The predicted molar refractivity (Wildman–Crippen MR) is 78.0 cm³/mol. The maximum absolute atomic E-state index is 5.95. The van der Waals surface area contributed by atoms with Crippen molar-refractivity contribution in [1.82, 2.24) is 14.8 Å². The van der Waals surface area contributed by atoms with Crippen LogP contribution in [0.2, 0.25) is 0 Å². The van der Waals surface area contributed by atoms with Crippen molar-refractivity contribution in [2.24, 2.45) is 0 Å². The Kier molecular flexibility index (Phi) is 3.58. The number of nitrogens with zero attached hydrogens (tertiary/aromatic N) is 3. The van der Waals surface area contributed by atoms with Gasteiger partial charge < -0.3 is 10.1 Å². The third kappa shape index (κ3) is 2.48. The van der Waals surface area contributed by atoms with Crippen molar-refractivity contribution in [1.29, 1.82) is 0 Å². The summed E-state index contributed by atoms with van der Waals surface area (Å²) in [5.74, 6) is 1.76. The second kappa shape index (κ2) is 5.53. The number of ether oxygens (including phenoxy) is 1. The Labute approximate surface area is 119 Å². The number of nitrogens with one attached hydrogen (secondary N) is 1. The summed E-state index contributed by atoms with van der Waals surface area (Å²) in [5.41, 5.74) is 2.47. The first-order chi connectivity index (χ1) is 9.75. The quantitative estimate of drug-likeness (QED) is 0.930. The molecule has 2 heterocycles. The summed E-state index contributed by atoms with van der Waals surface area (Å²) in [4.78, 5) is 4.27. The van der Waals surface area contributed by atoms with Crippen LogP contribution >= 0.6 is 0 Å². The first-order valence-corrected chi connectivity index (χ1v) is 7.12. The molecular weight excluding hydrogens is 252 g/mol. The van der Waals surface area contributed by atoms with Gasteiger partial charge in [-0.2, -0.15) is 5.10 Å². The number of rotatable bonds is 4. The summed E-state index contributed by atoms with van der Waals surface area (Å²) >= 11 is 0. The third-order valence-corrected chi connectivity index (χ3v) is 3.53. The highest BCUT2D eigenvalue weighted by atomic mass is 16.5. The van der Waals surface area contributed by atoms with Crippen molar-refractivity contribution in [2.75, 3.05) is 11.9 Å². The highest BCUT2D eigenvalue weighted by Crippen LogP contribution is 2.32. The zero-order valence-electron chi connectivity index (χ0n) is 12.0. The molecule has 2 aromatic rings. The van der Waals surface area contributed by atoms with Gasteiger partial charge in [0.05, 0.1) is 5.69 Å². The van der Waals surface area contributed by atoms with E-state index in [1.54, 1.807) is 6.33 Å². The summed E-state index contributed by atoms with van der Waals surface area (Å²) in [6.07, 6.45) is 3.87. The Hall–Kier alpha value is -2.04. The van der Waals surface area contributed by atoms with Gasteiger partial charge in [0, 0.05) is 12.6 Å². The van der Waals surface area contributed by atoms with Gasteiger partial charge in [0.15, 0.2) is 5.82 Å². The number of benzene rings is 1. The second-order valence-corrected chi connectivity index (χ2v) is 5.32. The molecule has 0 atom stereocenters.